The molecule has 6 fully saturated rings. The van der Waals surface area contributed by atoms with Crippen LogP contribution in [-0.2, 0) is 95.1 Å². The van der Waals surface area contributed by atoms with Crippen molar-refractivity contribution in [3.63, 3.8) is 0 Å². The van der Waals surface area contributed by atoms with Gasteiger partial charge in [-0.3, -0.25) is 24.0 Å². The van der Waals surface area contributed by atoms with Crippen LogP contribution in [0.15, 0.2) is 12.2 Å². The van der Waals surface area contributed by atoms with Gasteiger partial charge in [-0.15, -0.1) is 0 Å². The average Bonchev–Trinajstić information content (AvgIpc) is 0.741. The Kier molecular flexibility index (Phi) is 69.5. The van der Waals surface area contributed by atoms with Crippen molar-refractivity contribution in [2.45, 2.75) is 544 Å². The zero-order chi connectivity index (χ0) is 107. The fourth-order valence-electron chi connectivity index (χ4n) is 19.9. The summed E-state index contributed by atoms with van der Waals surface area (Å²) >= 11 is 0. The molecule has 148 heavy (non-hydrogen) atoms. The van der Waals surface area contributed by atoms with E-state index in [9.17, 15) is 136 Å². The molecule has 0 aliphatic carbocycles. The molecule has 850 valence electrons. The van der Waals surface area contributed by atoms with Crippen molar-refractivity contribution in [3.05, 3.63) is 12.2 Å². The fourth-order valence-corrected chi connectivity index (χ4v) is 19.9. The second kappa shape index (κ2) is 75.0. The summed E-state index contributed by atoms with van der Waals surface area (Å²) < 4.78 is 79.2. The molecule has 34 atom stereocenters. The van der Waals surface area contributed by atoms with Gasteiger partial charge in [0.05, 0.1) is 76.6 Å². The van der Waals surface area contributed by atoms with Crippen LogP contribution >= 0.6 is 0 Å². The van der Waals surface area contributed by atoms with E-state index in [4.69, 9.17) is 61.6 Å². The predicted molar refractivity (Wildman–Crippen MR) is 518 cm³/mol. The average molecular weight is 2150 g/mol. The van der Waals surface area contributed by atoms with Crippen molar-refractivity contribution in [2.24, 2.45) is 0 Å². The van der Waals surface area contributed by atoms with Crippen LogP contribution in [0, 0.1) is 0 Å². The van der Waals surface area contributed by atoms with E-state index < -0.39 is 302 Å². The van der Waals surface area contributed by atoms with Gasteiger partial charge in [-0.25, -0.2) is 0 Å². The minimum Gasteiger partial charge on any atom is -0.544 e. The molecule has 6 heterocycles. The summed E-state index contributed by atoms with van der Waals surface area (Å²) in [7, 11) is 0. The molecule has 4 unspecified atom stereocenters. The van der Waals surface area contributed by atoms with Gasteiger partial charge in [-0.2, -0.15) is 0 Å². The van der Waals surface area contributed by atoms with Crippen LogP contribution < -0.4 is 90.6 Å². The number of hydrogen-bond acceptors (Lipinski definition) is 40. The molecule has 0 aromatic carbocycles. The number of allylic oxidation sites excluding steroid dienone is 1. The Balaban J connectivity index is 0.0000228. The maximum atomic E-state index is 14.3. The molecule has 0 saturated carbocycles. The second-order valence-electron chi connectivity index (χ2n) is 40.4. The van der Waals surface area contributed by atoms with Crippen molar-refractivity contribution in [2.75, 3.05) is 46.2 Å². The van der Waals surface area contributed by atoms with Crippen molar-refractivity contribution in [3.8, 4) is 0 Å². The normalized spacial score (nSPS) is 31.6. The van der Waals surface area contributed by atoms with Gasteiger partial charge in [0.25, 0.3) is 0 Å². The summed E-state index contributed by atoms with van der Waals surface area (Å²) in [5.74, 6) is -16.0. The van der Waals surface area contributed by atoms with Gasteiger partial charge >= 0.3 is 65.1 Å². The summed E-state index contributed by atoms with van der Waals surface area (Å²) in [5, 5.41) is 242. The molecule has 0 bridgehead atoms. The minimum atomic E-state index is -3.65. The summed E-state index contributed by atoms with van der Waals surface area (Å²) in [6, 6.07) is -7.21. The van der Waals surface area contributed by atoms with Crippen molar-refractivity contribution < 1.29 is 256 Å². The number of carbonyl (C=O) groups excluding carboxylic acids is 7. The second-order valence-corrected chi connectivity index (χ2v) is 40.4. The number of carbonyl (C=O) groups is 7. The minimum absolute atomic E-state index is 0. The molecule has 0 aromatic rings. The number of esters is 1. The molecule has 6 aliphatic heterocycles. The van der Waals surface area contributed by atoms with Gasteiger partial charge in [0.1, 0.15) is 152 Å². The third-order valence-electron chi connectivity index (χ3n) is 28.3. The Morgan fingerprint density at radius 2 is 0.703 bits per heavy atom. The molecule has 44 nitrogen and oxygen atoms in total. The summed E-state index contributed by atoms with van der Waals surface area (Å²) in [4.78, 5) is 94.8. The van der Waals surface area contributed by atoms with E-state index in [1.807, 2.05) is 6.08 Å². The largest absolute Gasteiger partial charge is 1.00 e. The third kappa shape index (κ3) is 44.9. The van der Waals surface area contributed by atoms with Gasteiger partial charge in [0.15, 0.2) is 25.2 Å². The number of ether oxygens (including phenoxy) is 13. The Bertz CT molecular complexity index is 3640. The van der Waals surface area contributed by atoms with Crippen molar-refractivity contribution in [1.82, 2.24) is 21.3 Å². The first kappa shape index (κ1) is 137. The van der Waals surface area contributed by atoms with Gasteiger partial charge in [0.2, 0.25) is 35.2 Å². The Labute approximate surface area is 915 Å². The van der Waals surface area contributed by atoms with Gasteiger partial charge in [-0.05, 0) is 31.8 Å². The van der Waals surface area contributed by atoms with Crippen LogP contribution in [0.25, 0.3) is 0 Å². The zero-order valence-electron chi connectivity index (χ0n) is 88.6. The van der Waals surface area contributed by atoms with Crippen LogP contribution in [0.1, 0.15) is 337 Å². The van der Waals surface area contributed by atoms with E-state index in [-0.39, 0.29) is 77.9 Å². The van der Waals surface area contributed by atoms with Gasteiger partial charge in [-0.1, -0.05) is 271 Å². The first-order valence-corrected chi connectivity index (χ1v) is 54.1. The van der Waals surface area contributed by atoms with E-state index in [1.54, 1.807) is 6.08 Å². The molecule has 6 aliphatic rings. The van der Waals surface area contributed by atoms with E-state index in [2.05, 4.69) is 42.0 Å². The van der Waals surface area contributed by atoms with Gasteiger partial charge in [0, 0.05) is 46.5 Å². The fraction of sp³-hybridized carbons (Fsp3) is 0.912. The molecule has 22 N–H and O–H groups in total. The van der Waals surface area contributed by atoms with Crippen LogP contribution in [0.3, 0.4) is 0 Å². The number of aliphatic hydroxyl groups excluding tert-OH is 18. The predicted octanol–water partition coefficient (Wildman–Crippen LogP) is -5.72. The molecule has 0 aromatic heterocycles. The number of unbranched alkanes of at least 4 members (excludes halogenated alkanes) is 39. The van der Waals surface area contributed by atoms with Crippen molar-refractivity contribution >= 4 is 41.5 Å². The van der Waals surface area contributed by atoms with E-state index >= 15 is 0 Å². The Morgan fingerprint density at radius 1 is 0.378 bits per heavy atom. The summed E-state index contributed by atoms with van der Waals surface area (Å²) in [5.41, 5.74) is 0. The number of aliphatic carboxylic acids is 2. The standard InChI is InChI=1S/C102H182N4O40.2Na/c1-7-10-13-16-19-22-25-28-30-33-36-39-42-45-48-51-75(120)106-65(70(50-47-44-41-38-35-32-27-24-21-18-15-12-9-3)135-76(121)52-49-46-43-40-37-34-31-29-26-23-20-17-14-11-8-2)61-134-96-85(127)83(125)89(72(58-110)138-96)141-97-86(128)84(126)88(73(59-111)139-97)140-95-79(105-64(6)115)93(145-101(99(130)131)53-66(116)77(103-62(4)113)91(143-101)80(122)68(118)55-107)90(74(60-112)137-95)142-98-87(129)94(82(124)71(57-109)136-98)146-102(100(132)133)54-67(117)78(104-63(5)114)92(144-102)81(123)69(119)56-108;;/h47,50,65-74,77-98,107-112,116-119,122-129H,7-46,48-49,51-61H2,1-6H3,(H,103,113)(H,104,114)(H,105,115)(H,106,120)(H,130,131)(H,132,133);;/q;2*+1/p-2/b50-47+;;/t65?,66-,67-,68-,69-,70?,71-,72-,73-,74-,77+,78+,79-,80+,81+,82+,83-,84-,85-,86-,87-,88+,89-,90+,91?,92?,93-,94+,95+,96-,97+,98+,101-,102-;;/m1../s1. The number of rotatable bonds is 76. The molecule has 4 amide bonds. The molecule has 6 saturated heterocycles. The molecule has 46 heteroatoms. The van der Waals surface area contributed by atoms with Crippen molar-refractivity contribution in [1.29, 1.82) is 0 Å². The number of aliphatic hydroxyl groups is 18. The quantitative estimate of drug-likeness (QED) is 0.0117. The van der Waals surface area contributed by atoms with Crippen LogP contribution in [0.2, 0.25) is 0 Å². The molecule has 0 radical (unpaired) electrons. The zero-order valence-corrected chi connectivity index (χ0v) is 92.6. The van der Waals surface area contributed by atoms with E-state index in [0.717, 1.165) is 117 Å². The topological polar surface area (TPSA) is 698 Å². The number of hydrogen-bond donors (Lipinski definition) is 22. The SMILES string of the molecule is CCCCCCCCCCCCC/C=C/C(OC(=O)CCCCCCCCCCCCCCCCC)C(CO[C@@H]1O[C@H](CO)[C@@H](O[C@@H]2O[C@H](CO)[C@H](O[C@@H]3O[C@H](CO)[C@H](O[C@@H]4O[C@H](CO)[C@H](O)[C@H](O[C@@]5(C(=O)[O-])C[C@@H](O)[C@H](NC(C)=O)C([C@@H](O)[C@H](O)CO)O5)[C@H]4O)[C@H](O[C@@]4(C(=O)[O-])C[C@@H](O)[C@H](NC(C)=O)C([C@@H](O)[C@H](O)CO)O4)[C@H]3NC(C)=O)[C@H](O)[C@H]2O)[C@H](O)[C@H]1O)NC(=O)CCCCCCCCCCCCCCCCC.[Na+].[Na+]. The molecular formula is C102H180N4Na2O40. The first-order chi connectivity index (χ1) is 70.0. The van der Waals surface area contributed by atoms with E-state index in [0.29, 0.717) is 19.3 Å². The number of carboxylic acids is 2. The summed E-state index contributed by atoms with van der Waals surface area (Å²) in [6.45, 7) is 1.21. The Hall–Kier alpha value is -3.17. The molecular weight excluding hydrogens is 1970 g/mol. The Morgan fingerprint density at radius 3 is 1.09 bits per heavy atom. The maximum absolute atomic E-state index is 14.3. The number of amides is 4. The summed E-state index contributed by atoms with van der Waals surface area (Å²) in [6.07, 6.45) is -15.5. The van der Waals surface area contributed by atoms with Crippen LogP contribution in [0.5, 0.6) is 0 Å². The maximum Gasteiger partial charge on any atom is 1.00 e. The van der Waals surface area contributed by atoms with Gasteiger partial charge < -0.3 is 195 Å². The van der Waals surface area contributed by atoms with E-state index in [1.165, 1.54) is 154 Å². The van der Waals surface area contributed by atoms with Crippen LogP contribution in [-0.4, -0.2) is 387 Å². The number of nitrogens with one attached hydrogen (secondary N) is 4. The third-order valence-corrected chi connectivity index (χ3v) is 28.3. The monoisotopic (exact) mass is 2150 g/mol. The molecule has 0 spiro atoms. The number of carboxylic acid groups (broad SMARTS) is 2. The first-order valence-electron chi connectivity index (χ1n) is 54.1. The smallest absolute Gasteiger partial charge is 0.544 e. The molecule has 6 rings (SSSR count). The van der Waals surface area contributed by atoms with Crippen LogP contribution in [0.4, 0.5) is 0 Å².